The van der Waals surface area contributed by atoms with Crippen molar-refractivity contribution >= 4 is 0 Å². The van der Waals surface area contributed by atoms with Crippen molar-refractivity contribution in [2.24, 2.45) is 0 Å². The van der Waals surface area contributed by atoms with Gasteiger partial charge in [0.05, 0.1) is 6.61 Å². The average Bonchev–Trinajstić information content (AvgIpc) is 2.46. The molecule has 0 radical (unpaired) electrons. The summed E-state index contributed by atoms with van der Waals surface area (Å²) < 4.78 is 10.0. The third-order valence-electron chi connectivity index (χ3n) is 2.15. The quantitative estimate of drug-likeness (QED) is 0.419. The summed E-state index contributed by atoms with van der Waals surface area (Å²) in [6, 6.07) is 0. The fourth-order valence-electron chi connectivity index (χ4n) is 1.40. The Morgan fingerprint density at radius 3 is 2.50 bits per heavy atom. The van der Waals surface area contributed by atoms with Crippen molar-refractivity contribution < 1.29 is 29.9 Å². The third-order valence-corrected chi connectivity index (χ3v) is 2.15. The van der Waals surface area contributed by atoms with Gasteiger partial charge in [0.15, 0.2) is 6.29 Å². The van der Waals surface area contributed by atoms with E-state index in [4.69, 9.17) is 14.6 Å². The monoisotopic (exact) mass is 208 g/mol. The molecule has 0 aromatic carbocycles. The molecule has 84 valence electrons. The normalized spacial score (nSPS) is 40.1. The van der Waals surface area contributed by atoms with Crippen LogP contribution >= 0.6 is 0 Å². The molecule has 1 rings (SSSR count). The summed E-state index contributed by atoms with van der Waals surface area (Å²) in [5, 5.41) is 36.7. The van der Waals surface area contributed by atoms with Crippen molar-refractivity contribution in [2.45, 2.75) is 37.6 Å². The van der Waals surface area contributed by atoms with Crippen LogP contribution in [0.15, 0.2) is 0 Å². The van der Waals surface area contributed by atoms with Crippen LogP contribution in [0.25, 0.3) is 0 Å². The van der Waals surface area contributed by atoms with E-state index in [0.717, 1.165) is 0 Å². The van der Waals surface area contributed by atoms with E-state index in [0.29, 0.717) is 6.61 Å². The molecule has 0 spiro atoms. The van der Waals surface area contributed by atoms with Crippen LogP contribution in [0, 0.1) is 0 Å². The van der Waals surface area contributed by atoms with Gasteiger partial charge in [0.2, 0.25) is 0 Å². The van der Waals surface area contributed by atoms with Gasteiger partial charge in [-0.2, -0.15) is 0 Å². The first-order valence-corrected chi connectivity index (χ1v) is 4.54. The first kappa shape index (κ1) is 11.8. The van der Waals surface area contributed by atoms with E-state index in [-0.39, 0.29) is 0 Å². The van der Waals surface area contributed by atoms with Gasteiger partial charge < -0.3 is 29.9 Å². The van der Waals surface area contributed by atoms with Gasteiger partial charge in [0.25, 0.3) is 0 Å². The Hall–Kier alpha value is -0.240. The molecule has 1 heterocycles. The third kappa shape index (κ3) is 2.22. The van der Waals surface area contributed by atoms with E-state index in [2.05, 4.69) is 0 Å². The van der Waals surface area contributed by atoms with E-state index in [9.17, 15) is 15.3 Å². The lowest BCUT2D eigenvalue weighted by Crippen LogP contribution is -2.40. The summed E-state index contributed by atoms with van der Waals surface area (Å²) in [4.78, 5) is 0. The fraction of sp³-hybridized carbons (Fsp3) is 1.00. The van der Waals surface area contributed by atoms with Crippen LogP contribution in [0.2, 0.25) is 0 Å². The number of rotatable bonds is 4. The molecule has 6 heteroatoms. The van der Waals surface area contributed by atoms with Crippen molar-refractivity contribution in [1.29, 1.82) is 0 Å². The molecular weight excluding hydrogens is 192 g/mol. The molecule has 0 aromatic rings. The van der Waals surface area contributed by atoms with Crippen LogP contribution < -0.4 is 0 Å². The minimum Gasteiger partial charge on any atom is -0.394 e. The maximum Gasteiger partial charge on any atom is 0.186 e. The van der Waals surface area contributed by atoms with Crippen molar-refractivity contribution in [2.75, 3.05) is 13.2 Å². The molecule has 1 fully saturated rings. The molecule has 6 nitrogen and oxygen atoms in total. The van der Waals surface area contributed by atoms with Gasteiger partial charge in [-0.1, -0.05) is 0 Å². The number of hydrogen-bond donors (Lipinski definition) is 4. The van der Waals surface area contributed by atoms with Gasteiger partial charge in [0.1, 0.15) is 24.4 Å². The molecule has 1 aliphatic rings. The predicted molar refractivity (Wildman–Crippen MR) is 45.4 cm³/mol. The van der Waals surface area contributed by atoms with Gasteiger partial charge >= 0.3 is 0 Å². The Labute approximate surface area is 81.7 Å². The lowest BCUT2D eigenvalue weighted by molar-refractivity contribution is -0.178. The van der Waals surface area contributed by atoms with Crippen molar-refractivity contribution in [3.05, 3.63) is 0 Å². The molecule has 0 saturated carbocycles. The van der Waals surface area contributed by atoms with Crippen molar-refractivity contribution in [3.8, 4) is 0 Å². The second kappa shape index (κ2) is 5.01. The van der Waals surface area contributed by atoms with Gasteiger partial charge in [-0.15, -0.1) is 0 Å². The predicted octanol–water partition coefficient (Wildman–Crippen LogP) is -2.18. The topological polar surface area (TPSA) is 99.4 Å². The van der Waals surface area contributed by atoms with Gasteiger partial charge in [-0.3, -0.25) is 0 Å². The summed E-state index contributed by atoms with van der Waals surface area (Å²) >= 11 is 0. The van der Waals surface area contributed by atoms with E-state index in [1.54, 1.807) is 6.92 Å². The Kier molecular flexibility index (Phi) is 4.24. The number of aliphatic hydroxyl groups excluding tert-OH is 4. The first-order chi connectivity index (χ1) is 6.61. The Morgan fingerprint density at radius 2 is 2.00 bits per heavy atom. The summed E-state index contributed by atoms with van der Waals surface area (Å²) in [6.07, 6.45) is -5.60. The standard InChI is InChI=1S/C8H16O6/c1-2-13-8-6(12)5(11)7(14-8)4(10)3-9/h4-12H,2-3H2,1H3/t4?,5-,6-,7-,8+/m1/s1. The van der Waals surface area contributed by atoms with Gasteiger partial charge in [0, 0.05) is 6.61 Å². The molecule has 0 bridgehead atoms. The van der Waals surface area contributed by atoms with E-state index < -0.39 is 37.3 Å². The molecule has 1 saturated heterocycles. The SMILES string of the molecule is CCO[C@H]1O[C@H](C(O)CO)[C@H](O)[C@H]1O. The fourth-order valence-corrected chi connectivity index (χ4v) is 1.40. The lowest BCUT2D eigenvalue weighted by Gasteiger charge is -2.18. The Balaban J connectivity index is 2.57. The number of hydrogen-bond acceptors (Lipinski definition) is 6. The van der Waals surface area contributed by atoms with E-state index in [1.807, 2.05) is 0 Å². The highest BCUT2D eigenvalue weighted by Gasteiger charge is 2.46. The first-order valence-electron chi connectivity index (χ1n) is 4.54. The van der Waals surface area contributed by atoms with Crippen molar-refractivity contribution in [3.63, 3.8) is 0 Å². The summed E-state index contributed by atoms with van der Waals surface area (Å²) in [6.45, 7) is 1.52. The summed E-state index contributed by atoms with van der Waals surface area (Å²) in [5.41, 5.74) is 0. The van der Waals surface area contributed by atoms with Crippen LogP contribution in [0.5, 0.6) is 0 Å². The number of ether oxygens (including phenoxy) is 2. The highest BCUT2D eigenvalue weighted by Crippen LogP contribution is 2.24. The maximum absolute atomic E-state index is 9.43. The number of aliphatic hydroxyl groups is 4. The highest BCUT2D eigenvalue weighted by atomic mass is 16.7. The van der Waals surface area contributed by atoms with Crippen LogP contribution in [0.1, 0.15) is 6.92 Å². The highest BCUT2D eigenvalue weighted by molar-refractivity contribution is 4.90. The van der Waals surface area contributed by atoms with E-state index in [1.165, 1.54) is 0 Å². The molecule has 14 heavy (non-hydrogen) atoms. The largest absolute Gasteiger partial charge is 0.394 e. The van der Waals surface area contributed by atoms with Gasteiger partial charge in [-0.05, 0) is 6.92 Å². The minimum atomic E-state index is -1.24. The summed E-state index contributed by atoms with van der Waals surface area (Å²) in [5.74, 6) is 0. The lowest BCUT2D eigenvalue weighted by atomic mass is 10.1. The molecular formula is C8H16O6. The zero-order valence-electron chi connectivity index (χ0n) is 7.91. The van der Waals surface area contributed by atoms with Crippen molar-refractivity contribution in [1.82, 2.24) is 0 Å². The Morgan fingerprint density at radius 1 is 1.36 bits per heavy atom. The molecule has 5 atom stereocenters. The maximum atomic E-state index is 9.43. The second-order valence-electron chi connectivity index (χ2n) is 3.16. The van der Waals surface area contributed by atoms with Crippen LogP contribution in [-0.4, -0.2) is 64.3 Å². The second-order valence-corrected chi connectivity index (χ2v) is 3.16. The molecule has 0 aliphatic carbocycles. The van der Waals surface area contributed by atoms with E-state index >= 15 is 0 Å². The Bertz CT molecular complexity index is 173. The molecule has 1 aliphatic heterocycles. The minimum absolute atomic E-state index is 0.330. The van der Waals surface area contributed by atoms with Crippen LogP contribution in [0.4, 0.5) is 0 Å². The van der Waals surface area contributed by atoms with Crippen LogP contribution in [0.3, 0.4) is 0 Å². The molecule has 4 N–H and O–H groups in total. The smallest absolute Gasteiger partial charge is 0.186 e. The molecule has 0 amide bonds. The molecule has 1 unspecified atom stereocenters. The summed E-state index contributed by atoms with van der Waals surface area (Å²) in [7, 11) is 0. The van der Waals surface area contributed by atoms with Gasteiger partial charge in [-0.25, -0.2) is 0 Å². The molecule has 0 aromatic heterocycles. The van der Waals surface area contributed by atoms with Crippen LogP contribution in [-0.2, 0) is 9.47 Å². The average molecular weight is 208 g/mol. The zero-order valence-corrected chi connectivity index (χ0v) is 7.91. The zero-order chi connectivity index (χ0) is 10.7.